The fourth-order valence-corrected chi connectivity index (χ4v) is 3.01. The van der Waals surface area contributed by atoms with Crippen molar-refractivity contribution in [3.8, 4) is 0 Å². The van der Waals surface area contributed by atoms with Crippen LogP contribution in [-0.2, 0) is 12.8 Å². The molecule has 16 heavy (non-hydrogen) atoms. The van der Waals surface area contributed by atoms with Gasteiger partial charge in [0.1, 0.15) is 0 Å². The molecule has 1 aliphatic heterocycles. The number of thiol groups is 1. The second-order valence-electron chi connectivity index (χ2n) is 3.88. The number of nitrogens with one attached hydrogen (secondary N) is 1. The number of hydrogen-bond donors (Lipinski definition) is 2. The minimum absolute atomic E-state index is 0.256. The summed E-state index contributed by atoms with van der Waals surface area (Å²) in [4.78, 5) is 12.0. The highest BCUT2D eigenvalue weighted by Gasteiger charge is 2.09. The summed E-state index contributed by atoms with van der Waals surface area (Å²) in [6, 6.07) is 6.63. The molecule has 0 radical (unpaired) electrons. The molecular formula is C12H15NOS2. The van der Waals surface area contributed by atoms with Gasteiger partial charge in [-0.3, -0.25) is 4.79 Å². The van der Waals surface area contributed by atoms with Gasteiger partial charge >= 0.3 is 0 Å². The Bertz CT molecular complexity index is 393. The lowest BCUT2D eigenvalue weighted by atomic mass is 10.0. The summed E-state index contributed by atoms with van der Waals surface area (Å²) in [7, 11) is 0. The molecule has 4 heteroatoms. The summed E-state index contributed by atoms with van der Waals surface area (Å²) in [5.41, 5.74) is 2.76. The number of carbonyl (C=O) groups excluding carboxylic acids is 1. The molecule has 2 nitrogen and oxygen atoms in total. The van der Waals surface area contributed by atoms with E-state index in [1.165, 1.54) is 34.6 Å². The van der Waals surface area contributed by atoms with E-state index in [4.69, 9.17) is 0 Å². The Hall–Kier alpha value is -0.610. The van der Waals surface area contributed by atoms with Crippen molar-refractivity contribution in [2.45, 2.75) is 24.2 Å². The third-order valence-electron chi connectivity index (χ3n) is 2.66. The Balaban J connectivity index is 1.97. The number of rotatable bonds is 3. The first-order chi connectivity index (χ1) is 7.75. The Morgan fingerprint density at radius 3 is 3.19 bits per heavy atom. The molecule has 1 aromatic rings. The van der Waals surface area contributed by atoms with E-state index in [2.05, 4.69) is 36.1 Å². The van der Waals surface area contributed by atoms with Crippen LogP contribution in [0.2, 0.25) is 0 Å². The van der Waals surface area contributed by atoms with Crippen LogP contribution in [-0.4, -0.2) is 17.5 Å². The highest BCUT2D eigenvalue weighted by molar-refractivity contribution is 7.99. The van der Waals surface area contributed by atoms with Crippen molar-refractivity contribution in [2.75, 3.05) is 12.3 Å². The second kappa shape index (κ2) is 5.64. The van der Waals surface area contributed by atoms with Gasteiger partial charge in [-0.15, -0.1) is 11.8 Å². The van der Waals surface area contributed by atoms with Crippen LogP contribution in [0.25, 0.3) is 0 Å². The first-order valence-corrected chi connectivity index (χ1v) is 6.90. The average Bonchev–Trinajstić information content (AvgIpc) is 2.28. The summed E-state index contributed by atoms with van der Waals surface area (Å²) >= 11 is 5.61. The van der Waals surface area contributed by atoms with Crippen LogP contribution < -0.4 is 5.32 Å². The van der Waals surface area contributed by atoms with E-state index < -0.39 is 0 Å². The highest BCUT2D eigenvalue weighted by atomic mass is 32.2. The van der Waals surface area contributed by atoms with Crippen LogP contribution in [0.15, 0.2) is 23.1 Å². The number of carbonyl (C=O) groups is 1. The van der Waals surface area contributed by atoms with Gasteiger partial charge in [0, 0.05) is 11.4 Å². The van der Waals surface area contributed by atoms with Gasteiger partial charge in [-0.2, -0.15) is 0 Å². The number of amides is 1. The molecule has 1 N–H and O–H groups in total. The van der Waals surface area contributed by atoms with Crippen molar-refractivity contribution in [3.05, 3.63) is 29.3 Å². The van der Waals surface area contributed by atoms with E-state index in [-0.39, 0.29) is 5.24 Å². The van der Waals surface area contributed by atoms with Gasteiger partial charge in [-0.1, -0.05) is 24.8 Å². The third-order valence-corrected chi connectivity index (χ3v) is 4.02. The molecule has 1 amide bonds. The second-order valence-corrected chi connectivity index (χ2v) is 5.42. The Morgan fingerprint density at radius 1 is 1.50 bits per heavy atom. The largest absolute Gasteiger partial charge is 0.347 e. The minimum atomic E-state index is -0.256. The Labute approximate surface area is 106 Å². The molecule has 0 spiro atoms. The first-order valence-electron chi connectivity index (χ1n) is 5.47. The van der Waals surface area contributed by atoms with E-state index in [0.717, 1.165) is 6.42 Å². The van der Waals surface area contributed by atoms with E-state index in [1.54, 1.807) is 0 Å². The average molecular weight is 253 g/mol. The quantitative estimate of drug-likeness (QED) is 0.811. The summed E-state index contributed by atoms with van der Waals surface area (Å²) in [5, 5.41) is 2.44. The molecule has 0 saturated carbocycles. The fraction of sp³-hybridized carbons (Fsp3) is 0.417. The predicted molar refractivity (Wildman–Crippen MR) is 71.6 cm³/mol. The van der Waals surface area contributed by atoms with Crippen LogP contribution in [0.5, 0.6) is 0 Å². The SMILES string of the molecule is O=C(S)NCCc1ccc2c(c1)CCCS2. The zero-order valence-corrected chi connectivity index (χ0v) is 10.7. The minimum Gasteiger partial charge on any atom is -0.347 e. The van der Waals surface area contributed by atoms with Crippen LogP contribution in [0.4, 0.5) is 4.79 Å². The van der Waals surface area contributed by atoms with Gasteiger partial charge in [0.25, 0.3) is 5.24 Å². The predicted octanol–water partition coefficient (Wildman–Crippen LogP) is 2.91. The van der Waals surface area contributed by atoms with E-state index in [1.807, 2.05) is 11.8 Å². The van der Waals surface area contributed by atoms with Crippen molar-refractivity contribution in [3.63, 3.8) is 0 Å². The normalized spacial score (nSPS) is 14.3. The number of fused-ring (bicyclic) bond motifs is 1. The van der Waals surface area contributed by atoms with Crippen molar-refractivity contribution >= 4 is 29.6 Å². The zero-order chi connectivity index (χ0) is 11.4. The third kappa shape index (κ3) is 3.19. The molecule has 2 rings (SSSR count). The topological polar surface area (TPSA) is 29.1 Å². The summed E-state index contributed by atoms with van der Waals surface area (Å²) in [6.07, 6.45) is 3.34. The highest BCUT2D eigenvalue weighted by Crippen LogP contribution is 2.30. The maximum Gasteiger partial charge on any atom is 0.275 e. The molecule has 1 aliphatic rings. The number of hydrogen-bond acceptors (Lipinski definition) is 2. The molecule has 86 valence electrons. The number of aryl methyl sites for hydroxylation is 1. The van der Waals surface area contributed by atoms with Crippen molar-refractivity contribution in [1.82, 2.24) is 5.32 Å². The molecule has 0 fully saturated rings. The lowest BCUT2D eigenvalue weighted by Crippen LogP contribution is -2.19. The molecular weight excluding hydrogens is 238 g/mol. The molecule has 0 aliphatic carbocycles. The standard InChI is InChI=1S/C12H15NOS2/c14-12(15)13-6-5-9-3-4-11-10(8-9)2-1-7-16-11/h3-4,8H,1-2,5-7H2,(H2,13,14,15). The lowest BCUT2D eigenvalue weighted by molar-refractivity contribution is 0.261. The number of thioether (sulfide) groups is 1. The van der Waals surface area contributed by atoms with Crippen LogP contribution in [0.1, 0.15) is 17.5 Å². The molecule has 1 aromatic carbocycles. The monoisotopic (exact) mass is 253 g/mol. The van der Waals surface area contributed by atoms with Crippen molar-refractivity contribution in [1.29, 1.82) is 0 Å². The number of benzene rings is 1. The molecule has 1 heterocycles. The van der Waals surface area contributed by atoms with Gasteiger partial charge in [-0.25, -0.2) is 0 Å². The Kier molecular flexibility index (Phi) is 4.18. The molecule has 0 bridgehead atoms. The van der Waals surface area contributed by atoms with Gasteiger partial charge in [0.05, 0.1) is 0 Å². The lowest BCUT2D eigenvalue weighted by Gasteiger charge is -2.16. The van der Waals surface area contributed by atoms with Crippen molar-refractivity contribution in [2.24, 2.45) is 0 Å². The molecule has 0 aromatic heterocycles. The Morgan fingerprint density at radius 2 is 2.38 bits per heavy atom. The summed E-state index contributed by atoms with van der Waals surface area (Å²) in [6.45, 7) is 0.661. The van der Waals surface area contributed by atoms with Gasteiger partial charge in [0.15, 0.2) is 0 Å². The zero-order valence-electron chi connectivity index (χ0n) is 9.03. The fourth-order valence-electron chi connectivity index (χ4n) is 1.88. The molecule has 0 unspecified atom stereocenters. The van der Waals surface area contributed by atoms with Gasteiger partial charge < -0.3 is 5.32 Å². The molecule has 0 atom stereocenters. The van der Waals surface area contributed by atoms with E-state index >= 15 is 0 Å². The van der Waals surface area contributed by atoms with Crippen LogP contribution >= 0.6 is 24.4 Å². The summed E-state index contributed by atoms with van der Waals surface area (Å²) in [5.74, 6) is 1.24. The van der Waals surface area contributed by atoms with E-state index in [0.29, 0.717) is 6.54 Å². The maximum atomic E-state index is 10.6. The van der Waals surface area contributed by atoms with Crippen LogP contribution in [0, 0.1) is 0 Å². The van der Waals surface area contributed by atoms with Gasteiger partial charge in [-0.05, 0) is 42.2 Å². The maximum absolute atomic E-state index is 10.6. The smallest absolute Gasteiger partial charge is 0.275 e. The van der Waals surface area contributed by atoms with Gasteiger partial charge in [0.2, 0.25) is 0 Å². The molecule has 0 saturated heterocycles. The first kappa shape index (κ1) is 11.9. The van der Waals surface area contributed by atoms with Crippen molar-refractivity contribution < 1.29 is 4.79 Å². The summed E-state index contributed by atoms with van der Waals surface area (Å²) < 4.78 is 0. The van der Waals surface area contributed by atoms with Crippen LogP contribution in [0.3, 0.4) is 0 Å². The van der Waals surface area contributed by atoms with E-state index in [9.17, 15) is 4.79 Å².